The maximum absolute atomic E-state index is 11.9. The predicted molar refractivity (Wildman–Crippen MR) is 50.9 cm³/mol. The number of aromatic amines is 1. The quantitative estimate of drug-likeness (QED) is 0.871. The molecule has 0 fully saturated rings. The Balaban J connectivity index is 2.25. The first-order valence-corrected chi connectivity index (χ1v) is 4.44. The van der Waals surface area contributed by atoms with Crippen LogP contribution in [0, 0.1) is 0 Å². The van der Waals surface area contributed by atoms with Crippen LogP contribution in [0.5, 0.6) is 5.75 Å². The molecule has 0 unspecified atom stereocenters. The largest absolute Gasteiger partial charge is 0.573 e. The van der Waals surface area contributed by atoms with Crippen LogP contribution in [0.15, 0.2) is 35.4 Å². The molecule has 1 N–H and O–H groups in total. The highest BCUT2D eigenvalue weighted by molar-refractivity contribution is 5.36. The maximum atomic E-state index is 11.9. The van der Waals surface area contributed by atoms with E-state index in [1.54, 1.807) is 0 Å². The summed E-state index contributed by atoms with van der Waals surface area (Å²) in [7, 11) is 0. The Labute approximate surface area is 92.5 Å². The third-order valence-electron chi connectivity index (χ3n) is 1.90. The molecule has 0 aliphatic rings. The predicted octanol–water partition coefficient (Wildman–Crippen LogP) is 1.46. The first-order valence-electron chi connectivity index (χ1n) is 4.44. The number of alkyl halides is 3. The van der Waals surface area contributed by atoms with Gasteiger partial charge in [-0.1, -0.05) is 0 Å². The van der Waals surface area contributed by atoms with Gasteiger partial charge in [-0.25, -0.2) is 14.5 Å². The Hall–Kier alpha value is -2.25. The third-order valence-corrected chi connectivity index (χ3v) is 1.90. The van der Waals surface area contributed by atoms with Gasteiger partial charge in [-0.15, -0.1) is 13.2 Å². The fourth-order valence-electron chi connectivity index (χ4n) is 1.24. The van der Waals surface area contributed by atoms with E-state index in [1.807, 2.05) is 0 Å². The van der Waals surface area contributed by atoms with Crippen molar-refractivity contribution >= 4 is 0 Å². The number of ether oxygens (including phenoxy) is 1. The second-order valence-corrected chi connectivity index (χ2v) is 3.07. The van der Waals surface area contributed by atoms with E-state index in [1.165, 1.54) is 18.5 Å². The number of hydrogen-bond acceptors (Lipinski definition) is 3. The highest BCUT2D eigenvalue weighted by Crippen LogP contribution is 2.23. The van der Waals surface area contributed by atoms with Crippen molar-refractivity contribution in [3.05, 3.63) is 41.1 Å². The van der Waals surface area contributed by atoms with Crippen LogP contribution < -0.4 is 10.4 Å². The molecular weight excluding hydrogens is 239 g/mol. The first kappa shape index (κ1) is 11.2. The molecule has 90 valence electrons. The van der Waals surface area contributed by atoms with Crippen molar-refractivity contribution in [2.45, 2.75) is 6.36 Å². The Kier molecular flexibility index (Phi) is 2.62. The zero-order valence-electron chi connectivity index (χ0n) is 8.23. The van der Waals surface area contributed by atoms with Crippen molar-refractivity contribution in [2.75, 3.05) is 0 Å². The van der Waals surface area contributed by atoms with Crippen LogP contribution in [0.25, 0.3) is 5.69 Å². The summed E-state index contributed by atoms with van der Waals surface area (Å²) in [4.78, 5) is 11.2. The molecule has 2 aromatic rings. The lowest BCUT2D eigenvalue weighted by Crippen LogP contribution is -2.17. The lowest BCUT2D eigenvalue weighted by atomic mass is 10.3. The van der Waals surface area contributed by atoms with E-state index in [4.69, 9.17) is 0 Å². The summed E-state index contributed by atoms with van der Waals surface area (Å²) < 4.78 is 40.5. The smallest absolute Gasteiger partial charge is 0.406 e. The normalized spacial score (nSPS) is 11.5. The molecule has 1 aromatic heterocycles. The molecule has 0 spiro atoms. The molecule has 1 heterocycles. The summed E-state index contributed by atoms with van der Waals surface area (Å²) in [5, 5.41) is 5.66. The third kappa shape index (κ3) is 2.65. The summed E-state index contributed by atoms with van der Waals surface area (Å²) in [5.41, 5.74) is -0.0900. The number of halogens is 3. The number of benzene rings is 1. The molecule has 17 heavy (non-hydrogen) atoms. The number of nitrogens with one attached hydrogen (secondary N) is 1. The first-order chi connectivity index (χ1) is 7.96. The molecule has 0 atom stereocenters. The minimum atomic E-state index is -4.73. The summed E-state index contributed by atoms with van der Waals surface area (Å²) in [6.45, 7) is 0. The minimum absolute atomic E-state index is 0.349. The molecule has 5 nitrogen and oxygen atoms in total. The Morgan fingerprint density at radius 1 is 1.24 bits per heavy atom. The van der Waals surface area contributed by atoms with E-state index in [-0.39, 0.29) is 5.75 Å². The Bertz CT molecular complexity index is 556. The molecular formula is C9H6F3N3O2. The van der Waals surface area contributed by atoms with Gasteiger partial charge in [0.1, 0.15) is 12.1 Å². The van der Waals surface area contributed by atoms with E-state index in [0.29, 0.717) is 5.69 Å². The molecule has 2 rings (SSSR count). The van der Waals surface area contributed by atoms with Crippen molar-refractivity contribution in [1.82, 2.24) is 14.8 Å². The van der Waals surface area contributed by atoms with Crippen molar-refractivity contribution in [3.8, 4) is 11.4 Å². The van der Waals surface area contributed by atoms with Crippen LogP contribution in [0.4, 0.5) is 13.2 Å². The second-order valence-electron chi connectivity index (χ2n) is 3.07. The minimum Gasteiger partial charge on any atom is -0.406 e. The zero-order valence-corrected chi connectivity index (χ0v) is 8.23. The fraction of sp³-hybridized carbons (Fsp3) is 0.111. The van der Waals surface area contributed by atoms with Gasteiger partial charge < -0.3 is 4.74 Å². The summed E-state index contributed by atoms with van der Waals surface area (Å²) >= 11 is 0. The summed E-state index contributed by atoms with van der Waals surface area (Å²) in [6, 6.07) is 4.86. The molecule has 8 heteroatoms. The van der Waals surface area contributed by atoms with Crippen LogP contribution in [0.3, 0.4) is 0 Å². The molecule has 0 radical (unpaired) electrons. The van der Waals surface area contributed by atoms with Gasteiger partial charge in [0.2, 0.25) is 0 Å². The van der Waals surface area contributed by atoms with Crippen molar-refractivity contribution < 1.29 is 17.9 Å². The SMILES string of the molecule is O=c1[nH]ncn1-c1ccc(OC(F)(F)F)cc1. The monoisotopic (exact) mass is 245 g/mol. The fourth-order valence-corrected chi connectivity index (χ4v) is 1.24. The molecule has 1 aromatic carbocycles. The van der Waals surface area contributed by atoms with Gasteiger partial charge in [0.15, 0.2) is 0 Å². The topological polar surface area (TPSA) is 59.9 Å². The average molecular weight is 245 g/mol. The van der Waals surface area contributed by atoms with Gasteiger partial charge in [-0.3, -0.25) is 0 Å². The number of hydrogen-bond donors (Lipinski definition) is 1. The number of H-pyrrole nitrogens is 1. The number of nitrogens with zero attached hydrogens (tertiary/aromatic N) is 2. The van der Waals surface area contributed by atoms with Gasteiger partial charge >= 0.3 is 12.1 Å². The van der Waals surface area contributed by atoms with Crippen LogP contribution in [0.2, 0.25) is 0 Å². The Morgan fingerprint density at radius 2 is 1.88 bits per heavy atom. The number of rotatable bonds is 2. The van der Waals surface area contributed by atoms with E-state index < -0.39 is 12.1 Å². The number of aromatic nitrogens is 3. The maximum Gasteiger partial charge on any atom is 0.573 e. The van der Waals surface area contributed by atoms with Crippen molar-refractivity contribution in [1.29, 1.82) is 0 Å². The van der Waals surface area contributed by atoms with Crippen molar-refractivity contribution in [2.24, 2.45) is 0 Å². The standard InChI is InChI=1S/C9H6F3N3O2/c10-9(11,12)17-7-3-1-6(2-4-7)15-5-13-14-8(15)16/h1-5H,(H,14,16). The molecule has 0 aliphatic carbocycles. The van der Waals surface area contributed by atoms with Gasteiger partial charge in [0, 0.05) is 0 Å². The average Bonchev–Trinajstić information content (AvgIpc) is 2.63. The van der Waals surface area contributed by atoms with Crippen molar-refractivity contribution in [3.63, 3.8) is 0 Å². The van der Waals surface area contributed by atoms with Gasteiger partial charge in [-0.2, -0.15) is 5.10 Å². The van der Waals surface area contributed by atoms with Crippen LogP contribution in [-0.2, 0) is 0 Å². The highest BCUT2D eigenvalue weighted by Gasteiger charge is 2.30. The van der Waals surface area contributed by atoms with E-state index in [9.17, 15) is 18.0 Å². The summed E-state index contributed by atoms with van der Waals surface area (Å²) in [6.07, 6.45) is -3.50. The van der Waals surface area contributed by atoms with Crippen LogP contribution in [0.1, 0.15) is 0 Å². The molecule has 0 bridgehead atoms. The molecule has 0 saturated carbocycles. The van der Waals surface area contributed by atoms with Crippen LogP contribution >= 0.6 is 0 Å². The van der Waals surface area contributed by atoms with Crippen LogP contribution in [-0.4, -0.2) is 21.1 Å². The van der Waals surface area contributed by atoms with E-state index in [0.717, 1.165) is 16.7 Å². The Morgan fingerprint density at radius 3 is 2.35 bits per heavy atom. The molecule has 0 saturated heterocycles. The second kappa shape index (κ2) is 3.96. The lowest BCUT2D eigenvalue weighted by Gasteiger charge is -2.08. The molecule has 0 amide bonds. The van der Waals surface area contributed by atoms with Gasteiger partial charge in [0.05, 0.1) is 5.69 Å². The van der Waals surface area contributed by atoms with Gasteiger partial charge in [-0.05, 0) is 24.3 Å². The molecule has 0 aliphatic heterocycles. The van der Waals surface area contributed by atoms with E-state index in [2.05, 4.69) is 14.9 Å². The lowest BCUT2D eigenvalue weighted by molar-refractivity contribution is -0.274. The van der Waals surface area contributed by atoms with Gasteiger partial charge in [0.25, 0.3) is 0 Å². The zero-order chi connectivity index (χ0) is 12.5. The highest BCUT2D eigenvalue weighted by atomic mass is 19.4. The summed E-state index contributed by atoms with van der Waals surface area (Å²) in [5.74, 6) is -0.349. The van der Waals surface area contributed by atoms with E-state index >= 15 is 0 Å².